The van der Waals surface area contributed by atoms with Crippen LogP contribution < -0.4 is 0 Å². The lowest BCUT2D eigenvalue weighted by atomic mass is 9.93. The summed E-state index contributed by atoms with van der Waals surface area (Å²) in [6.45, 7) is 4.52. The van der Waals surface area contributed by atoms with Crippen LogP contribution in [-0.4, -0.2) is 16.9 Å². The van der Waals surface area contributed by atoms with Gasteiger partial charge in [-0.1, -0.05) is 167 Å². The number of carbonyl (C=O) groups is 2. The van der Waals surface area contributed by atoms with Crippen LogP contribution in [0.2, 0.25) is 0 Å². The third kappa shape index (κ3) is 28.2. The quantitative estimate of drug-likeness (QED) is 0.0516. The Bertz CT molecular complexity index is 554. The van der Waals surface area contributed by atoms with Gasteiger partial charge in [0.25, 0.3) is 0 Å². The Morgan fingerprint density at radius 3 is 1.21 bits per heavy atom. The number of hydrogen-bond donors (Lipinski definition) is 1. The van der Waals surface area contributed by atoms with E-state index in [1.54, 1.807) is 0 Å². The second-order valence-electron chi connectivity index (χ2n) is 12.1. The highest BCUT2D eigenvalue weighted by Crippen LogP contribution is 2.18. The largest absolute Gasteiger partial charge is 0.481 e. The molecule has 1 atom stereocenters. The SMILES string of the molecule is CCCCCCCCC=CCCCCCCCCCCCC(=O)C(CCCCCCCCCCCC)C(=O)O. The number of carbonyl (C=O) groups excluding carboxylic acids is 1. The fraction of sp³-hybridized carbons (Fsp3) is 0.889. The average Bonchev–Trinajstić information content (AvgIpc) is 2.92. The first-order chi connectivity index (χ1) is 19.1. The normalized spacial score (nSPS) is 12.4. The van der Waals surface area contributed by atoms with E-state index in [-0.39, 0.29) is 5.78 Å². The van der Waals surface area contributed by atoms with Gasteiger partial charge in [-0.15, -0.1) is 0 Å². The van der Waals surface area contributed by atoms with Crippen LogP contribution in [0.15, 0.2) is 12.2 Å². The minimum atomic E-state index is -0.913. The molecule has 0 aliphatic heterocycles. The molecule has 39 heavy (non-hydrogen) atoms. The van der Waals surface area contributed by atoms with Crippen LogP contribution in [0.4, 0.5) is 0 Å². The molecular weight excluding hydrogens is 480 g/mol. The Balaban J connectivity index is 3.53. The number of Topliss-reactive ketones (excluding diaryl/α,β-unsaturated/α-hetero) is 1. The van der Waals surface area contributed by atoms with Crippen molar-refractivity contribution in [3.63, 3.8) is 0 Å². The Kier molecular flexibility index (Phi) is 30.5. The molecule has 0 amide bonds. The van der Waals surface area contributed by atoms with E-state index in [1.807, 2.05) is 0 Å². The first-order valence-corrected chi connectivity index (χ1v) is 17.5. The van der Waals surface area contributed by atoms with Crippen molar-refractivity contribution in [3.05, 3.63) is 12.2 Å². The van der Waals surface area contributed by atoms with Crippen molar-refractivity contribution in [1.29, 1.82) is 0 Å². The predicted octanol–water partition coefficient (Wildman–Crippen LogP) is 12.2. The molecule has 0 bridgehead atoms. The molecule has 0 saturated carbocycles. The molecule has 0 saturated heterocycles. The smallest absolute Gasteiger partial charge is 0.314 e. The van der Waals surface area contributed by atoms with Crippen molar-refractivity contribution in [2.24, 2.45) is 5.92 Å². The van der Waals surface area contributed by atoms with Gasteiger partial charge in [0.1, 0.15) is 11.7 Å². The zero-order valence-electron chi connectivity index (χ0n) is 26.5. The summed E-state index contributed by atoms with van der Waals surface area (Å²) in [5.41, 5.74) is 0. The van der Waals surface area contributed by atoms with E-state index in [0.717, 1.165) is 25.7 Å². The van der Waals surface area contributed by atoms with Crippen molar-refractivity contribution in [3.8, 4) is 0 Å². The van der Waals surface area contributed by atoms with Crippen molar-refractivity contribution < 1.29 is 14.7 Å². The van der Waals surface area contributed by atoms with Crippen molar-refractivity contribution in [1.82, 2.24) is 0 Å². The van der Waals surface area contributed by atoms with Crippen LogP contribution in [-0.2, 0) is 9.59 Å². The number of ketones is 1. The molecule has 0 aromatic rings. The van der Waals surface area contributed by atoms with Crippen LogP contribution in [0.5, 0.6) is 0 Å². The number of allylic oxidation sites excluding steroid dienone is 2. The Labute approximate surface area is 244 Å². The molecule has 0 rings (SSSR count). The third-order valence-corrected chi connectivity index (χ3v) is 8.22. The highest BCUT2D eigenvalue weighted by atomic mass is 16.4. The first-order valence-electron chi connectivity index (χ1n) is 17.5. The zero-order valence-corrected chi connectivity index (χ0v) is 26.5. The third-order valence-electron chi connectivity index (χ3n) is 8.22. The number of hydrogen-bond acceptors (Lipinski definition) is 2. The molecule has 0 spiro atoms. The highest BCUT2D eigenvalue weighted by Gasteiger charge is 2.24. The fourth-order valence-electron chi connectivity index (χ4n) is 5.51. The van der Waals surface area contributed by atoms with E-state index < -0.39 is 11.9 Å². The second kappa shape index (κ2) is 31.4. The van der Waals surface area contributed by atoms with Crippen LogP contribution in [0.3, 0.4) is 0 Å². The van der Waals surface area contributed by atoms with Crippen LogP contribution >= 0.6 is 0 Å². The molecule has 230 valence electrons. The topological polar surface area (TPSA) is 54.4 Å². The molecule has 0 aliphatic carbocycles. The van der Waals surface area contributed by atoms with Gasteiger partial charge in [0.15, 0.2) is 0 Å². The Morgan fingerprint density at radius 2 is 0.821 bits per heavy atom. The molecule has 3 heteroatoms. The number of carboxylic acid groups (broad SMARTS) is 1. The minimum Gasteiger partial charge on any atom is -0.481 e. The molecule has 0 fully saturated rings. The number of rotatable bonds is 32. The van der Waals surface area contributed by atoms with Gasteiger partial charge < -0.3 is 5.11 Å². The molecule has 0 heterocycles. The maximum atomic E-state index is 12.5. The van der Waals surface area contributed by atoms with Gasteiger partial charge in [-0.2, -0.15) is 0 Å². The van der Waals surface area contributed by atoms with E-state index in [0.29, 0.717) is 12.8 Å². The second-order valence-corrected chi connectivity index (χ2v) is 12.1. The molecule has 1 N–H and O–H groups in total. The van der Waals surface area contributed by atoms with Gasteiger partial charge in [0, 0.05) is 6.42 Å². The molecule has 0 aliphatic rings. The summed E-state index contributed by atoms with van der Waals surface area (Å²) in [6.07, 6.45) is 39.8. The first kappa shape index (κ1) is 37.9. The lowest BCUT2D eigenvalue weighted by molar-refractivity contribution is -0.146. The Morgan fingerprint density at radius 1 is 0.487 bits per heavy atom. The maximum Gasteiger partial charge on any atom is 0.314 e. The van der Waals surface area contributed by atoms with Crippen LogP contribution in [0.25, 0.3) is 0 Å². The van der Waals surface area contributed by atoms with Gasteiger partial charge in [-0.25, -0.2) is 0 Å². The van der Waals surface area contributed by atoms with Gasteiger partial charge in [0.2, 0.25) is 0 Å². The summed E-state index contributed by atoms with van der Waals surface area (Å²) in [7, 11) is 0. The zero-order chi connectivity index (χ0) is 28.7. The Hall–Kier alpha value is -1.12. The monoisotopic (exact) mass is 549 g/mol. The lowest BCUT2D eigenvalue weighted by Gasteiger charge is -2.11. The summed E-state index contributed by atoms with van der Waals surface area (Å²) in [6, 6.07) is 0. The number of aliphatic carboxylic acids is 1. The van der Waals surface area contributed by atoms with Crippen LogP contribution in [0.1, 0.15) is 200 Å². The predicted molar refractivity (Wildman–Crippen MR) is 171 cm³/mol. The standard InChI is InChI=1S/C36H68O3/c1-3-5-7-9-11-13-15-16-17-18-19-20-21-22-23-25-27-29-31-33-35(37)34(36(38)39)32-30-28-26-24-14-12-10-8-6-4-2/h16-17,34H,3-15,18-33H2,1-2H3,(H,38,39). The van der Waals surface area contributed by atoms with Crippen molar-refractivity contribution in [2.75, 3.05) is 0 Å². The van der Waals surface area contributed by atoms with E-state index in [1.165, 1.54) is 148 Å². The summed E-state index contributed by atoms with van der Waals surface area (Å²) < 4.78 is 0. The van der Waals surface area contributed by atoms with Gasteiger partial charge >= 0.3 is 5.97 Å². The molecule has 0 aromatic carbocycles. The number of carboxylic acids is 1. The fourth-order valence-corrected chi connectivity index (χ4v) is 5.51. The van der Waals surface area contributed by atoms with Crippen LogP contribution in [0, 0.1) is 5.92 Å². The van der Waals surface area contributed by atoms with E-state index in [9.17, 15) is 14.7 Å². The summed E-state index contributed by atoms with van der Waals surface area (Å²) in [5.74, 6) is -1.73. The molecule has 1 unspecified atom stereocenters. The van der Waals surface area contributed by atoms with E-state index >= 15 is 0 Å². The average molecular weight is 549 g/mol. The minimum absolute atomic E-state index is 0.0422. The van der Waals surface area contributed by atoms with Gasteiger partial charge in [0.05, 0.1) is 0 Å². The maximum absolute atomic E-state index is 12.5. The van der Waals surface area contributed by atoms with Crippen molar-refractivity contribution >= 4 is 11.8 Å². The van der Waals surface area contributed by atoms with Crippen molar-refractivity contribution in [2.45, 2.75) is 200 Å². The molecular formula is C36H68O3. The number of unbranched alkanes of at least 4 members (excludes halogenated alkanes) is 24. The summed E-state index contributed by atoms with van der Waals surface area (Å²) in [4.78, 5) is 24.1. The van der Waals surface area contributed by atoms with Gasteiger partial charge in [-0.3, -0.25) is 9.59 Å². The van der Waals surface area contributed by atoms with E-state index in [2.05, 4.69) is 26.0 Å². The summed E-state index contributed by atoms with van der Waals surface area (Å²) >= 11 is 0. The molecule has 3 nitrogen and oxygen atoms in total. The van der Waals surface area contributed by atoms with Gasteiger partial charge in [-0.05, 0) is 38.5 Å². The lowest BCUT2D eigenvalue weighted by Crippen LogP contribution is -2.23. The molecule has 0 aromatic heterocycles. The van der Waals surface area contributed by atoms with E-state index in [4.69, 9.17) is 0 Å². The highest BCUT2D eigenvalue weighted by molar-refractivity contribution is 5.98. The summed E-state index contributed by atoms with van der Waals surface area (Å²) in [5, 5.41) is 9.52. The molecule has 0 radical (unpaired) electrons.